The Morgan fingerprint density at radius 3 is 2.76 bits per heavy atom. The Morgan fingerprint density at radius 1 is 1.17 bits per heavy atom. The number of aromatic carboxylic acids is 1. The summed E-state index contributed by atoms with van der Waals surface area (Å²) in [5.41, 5.74) is 3.51. The van der Waals surface area contributed by atoms with Crippen molar-refractivity contribution in [2.45, 2.75) is 12.1 Å². The fourth-order valence-corrected chi connectivity index (χ4v) is 6.35. The third-order valence-corrected chi connectivity index (χ3v) is 8.39. The molecule has 6 heterocycles. The van der Waals surface area contributed by atoms with E-state index < -0.39 is 11.4 Å². The number of likely N-dealkylation sites (N-methyl/N-ethyl adjacent to an activating group) is 1. The van der Waals surface area contributed by atoms with Gasteiger partial charge in [0, 0.05) is 68.8 Å². The second-order valence-electron chi connectivity index (χ2n) is 10.7. The lowest BCUT2D eigenvalue weighted by Gasteiger charge is -2.33. The lowest BCUT2D eigenvalue weighted by atomic mass is 10.0. The number of rotatable bonds is 4. The largest absolute Gasteiger partial charge is 0.477 e. The number of ether oxygens (including phenoxy) is 1. The number of nitrogens with one attached hydrogen (secondary N) is 2. The van der Waals surface area contributed by atoms with E-state index in [0.717, 1.165) is 23.1 Å². The molecule has 0 saturated carbocycles. The minimum atomic E-state index is -1.30. The number of hydrogen-bond acceptors (Lipinski definition) is 8. The molecule has 2 atom stereocenters. The van der Waals surface area contributed by atoms with Gasteiger partial charge < -0.3 is 29.6 Å². The summed E-state index contributed by atoms with van der Waals surface area (Å²) >= 11 is 0. The number of carboxylic acids is 1. The lowest BCUT2D eigenvalue weighted by molar-refractivity contribution is -0.0362. The normalized spacial score (nSPS) is 19.4. The number of aryl methyl sites for hydroxylation is 1. The van der Waals surface area contributed by atoms with Crippen LogP contribution in [0, 0.1) is 5.82 Å². The molecular formula is C29H28FN7O4. The summed E-state index contributed by atoms with van der Waals surface area (Å²) in [6.45, 7) is 2.78. The molecule has 3 N–H and O–H groups in total. The number of hydrogen-bond donors (Lipinski definition) is 3. The molecule has 0 spiro atoms. The van der Waals surface area contributed by atoms with E-state index in [0.29, 0.717) is 53.2 Å². The average Bonchev–Trinajstić information content (AvgIpc) is 3.56. The Hall–Kier alpha value is -4.55. The van der Waals surface area contributed by atoms with Gasteiger partial charge >= 0.3 is 5.97 Å². The van der Waals surface area contributed by atoms with Crippen LogP contribution in [-0.2, 0) is 11.8 Å². The number of carbonyl (C=O) groups is 1. The highest BCUT2D eigenvalue weighted by Gasteiger charge is 2.40. The average molecular weight is 558 g/mol. The number of nitrogens with zero attached hydrogens (tertiary/aromatic N) is 5. The molecule has 0 bridgehead atoms. The van der Waals surface area contributed by atoms with E-state index in [1.807, 2.05) is 0 Å². The summed E-state index contributed by atoms with van der Waals surface area (Å²) in [5.74, 6) is -1.68. The fourth-order valence-electron chi connectivity index (χ4n) is 6.35. The minimum Gasteiger partial charge on any atom is -0.477 e. The number of aromatic amines is 1. The molecule has 0 aliphatic carbocycles. The van der Waals surface area contributed by atoms with Gasteiger partial charge in [0.2, 0.25) is 5.43 Å². The maximum Gasteiger partial charge on any atom is 0.341 e. The van der Waals surface area contributed by atoms with Crippen LogP contribution in [0.1, 0.15) is 10.4 Å². The monoisotopic (exact) mass is 557 g/mol. The van der Waals surface area contributed by atoms with E-state index in [4.69, 9.17) is 9.72 Å². The lowest BCUT2D eigenvalue weighted by Crippen LogP contribution is -2.48. The number of fused-ring (bicyclic) bond motifs is 5. The number of H-pyrrole nitrogens is 1. The molecule has 210 valence electrons. The predicted octanol–water partition coefficient (Wildman–Crippen LogP) is 3.03. The van der Waals surface area contributed by atoms with Crippen LogP contribution in [0.3, 0.4) is 0 Å². The zero-order valence-electron chi connectivity index (χ0n) is 22.7. The predicted molar refractivity (Wildman–Crippen MR) is 154 cm³/mol. The van der Waals surface area contributed by atoms with Gasteiger partial charge in [-0.05, 0) is 25.2 Å². The van der Waals surface area contributed by atoms with Gasteiger partial charge in [-0.2, -0.15) is 0 Å². The first-order valence-corrected chi connectivity index (χ1v) is 13.4. The minimum absolute atomic E-state index is 0.000209. The highest BCUT2D eigenvalue weighted by Crippen LogP contribution is 2.43. The van der Waals surface area contributed by atoms with Crippen LogP contribution in [0.2, 0.25) is 0 Å². The smallest absolute Gasteiger partial charge is 0.341 e. The molecule has 2 unspecified atom stereocenters. The number of pyridine rings is 3. The van der Waals surface area contributed by atoms with Gasteiger partial charge in [-0.15, -0.1) is 0 Å². The molecule has 4 aromatic heterocycles. The van der Waals surface area contributed by atoms with Crippen molar-refractivity contribution in [1.29, 1.82) is 0 Å². The number of halogens is 1. The van der Waals surface area contributed by atoms with Crippen molar-refractivity contribution in [3.8, 4) is 11.1 Å². The molecule has 1 aromatic carbocycles. The van der Waals surface area contributed by atoms with Gasteiger partial charge in [-0.25, -0.2) is 19.2 Å². The number of aromatic nitrogens is 4. The maximum absolute atomic E-state index is 14.9. The molecule has 7 rings (SSSR count). The number of morpholine rings is 1. The second-order valence-corrected chi connectivity index (χ2v) is 10.7. The van der Waals surface area contributed by atoms with Gasteiger partial charge in [0.05, 0.1) is 46.4 Å². The van der Waals surface area contributed by atoms with E-state index in [9.17, 15) is 19.1 Å². The van der Waals surface area contributed by atoms with Crippen LogP contribution >= 0.6 is 0 Å². The van der Waals surface area contributed by atoms with Gasteiger partial charge in [0.25, 0.3) is 0 Å². The first kappa shape index (κ1) is 25.4. The zero-order valence-corrected chi connectivity index (χ0v) is 22.7. The molecule has 11 nitrogen and oxygen atoms in total. The first-order chi connectivity index (χ1) is 19.7. The molecule has 41 heavy (non-hydrogen) atoms. The van der Waals surface area contributed by atoms with Crippen molar-refractivity contribution in [1.82, 2.24) is 24.4 Å². The standard InChI is InChI=1S/C29H28FN7O4/c1-31-20-8-15(30)7-16-23-25(37-12-21-22(13-37)41-5-4-35(21)2)18(10-32-27(23)34-24(16)20)14-6-17-26(38)19(29(39)40)11-36(3)28(17)33-9-14/h6-11,21-22,31H,4-5,12-13H2,1-3H3,(H,32,34)(H,39,40). The summed E-state index contributed by atoms with van der Waals surface area (Å²) in [6.07, 6.45) is 4.67. The van der Waals surface area contributed by atoms with E-state index in [-0.39, 0.29) is 28.9 Å². The van der Waals surface area contributed by atoms with Crippen LogP contribution in [-0.4, -0.2) is 88.0 Å². The van der Waals surface area contributed by atoms with Crippen LogP contribution in [0.5, 0.6) is 0 Å². The second kappa shape index (κ2) is 9.25. The van der Waals surface area contributed by atoms with Crippen molar-refractivity contribution in [2.24, 2.45) is 7.05 Å². The molecule has 0 radical (unpaired) electrons. The van der Waals surface area contributed by atoms with E-state index >= 15 is 0 Å². The summed E-state index contributed by atoms with van der Waals surface area (Å²) < 4.78 is 22.5. The molecule has 0 amide bonds. The third kappa shape index (κ3) is 3.85. The van der Waals surface area contributed by atoms with E-state index in [2.05, 4.69) is 32.1 Å². The van der Waals surface area contributed by atoms with Gasteiger partial charge in [-0.1, -0.05) is 0 Å². The molecule has 2 aliphatic rings. The Kier molecular flexibility index (Phi) is 5.73. The Balaban J connectivity index is 1.52. The summed E-state index contributed by atoms with van der Waals surface area (Å²) in [7, 11) is 5.49. The van der Waals surface area contributed by atoms with Gasteiger partial charge in [0.15, 0.2) is 0 Å². The maximum atomic E-state index is 14.9. The first-order valence-electron chi connectivity index (χ1n) is 13.4. The highest BCUT2D eigenvalue weighted by molar-refractivity contribution is 6.18. The Labute approximate surface area is 233 Å². The fraction of sp³-hybridized carbons (Fsp3) is 0.310. The number of anilines is 2. The van der Waals surface area contributed by atoms with Crippen molar-refractivity contribution in [3.63, 3.8) is 0 Å². The molecule has 5 aromatic rings. The number of carboxylic acid groups (broad SMARTS) is 1. The van der Waals surface area contributed by atoms with E-state index in [1.54, 1.807) is 32.6 Å². The SMILES string of the molecule is CNc1cc(F)cc2c1[nH]c1ncc(-c3cnc4c(c3)c(=O)c(C(=O)O)cn4C)c(N3CC4OCCN(C)C4C3)c12. The van der Waals surface area contributed by atoms with Crippen molar-refractivity contribution < 1.29 is 19.0 Å². The van der Waals surface area contributed by atoms with Crippen LogP contribution < -0.4 is 15.6 Å². The number of benzene rings is 1. The zero-order chi connectivity index (χ0) is 28.6. The van der Waals surface area contributed by atoms with E-state index in [1.165, 1.54) is 22.9 Å². The van der Waals surface area contributed by atoms with Crippen molar-refractivity contribution >= 4 is 50.3 Å². The molecule has 2 saturated heterocycles. The Morgan fingerprint density at radius 2 is 2.00 bits per heavy atom. The summed E-state index contributed by atoms with van der Waals surface area (Å²) in [4.78, 5) is 42.1. The van der Waals surface area contributed by atoms with Crippen LogP contribution in [0.25, 0.3) is 44.1 Å². The Bertz CT molecular complexity index is 1950. The van der Waals surface area contributed by atoms with Crippen molar-refractivity contribution in [3.05, 3.63) is 58.4 Å². The topological polar surface area (TPSA) is 129 Å². The molecule has 2 aliphatic heterocycles. The van der Waals surface area contributed by atoms with Crippen molar-refractivity contribution in [2.75, 3.05) is 50.6 Å². The quantitative estimate of drug-likeness (QED) is 0.305. The van der Waals surface area contributed by atoms with Gasteiger partial charge in [0.1, 0.15) is 22.7 Å². The van der Waals surface area contributed by atoms with Crippen LogP contribution in [0.4, 0.5) is 15.8 Å². The summed E-state index contributed by atoms with van der Waals surface area (Å²) in [5, 5.41) is 14.3. The highest BCUT2D eigenvalue weighted by atomic mass is 19.1. The van der Waals surface area contributed by atoms with Gasteiger partial charge in [-0.3, -0.25) is 9.69 Å². The van der Waals surface area contributed by atoms with Crippen LogP contribution in [0.15, 0.2) is 41.6 Å². The molecule has 12 heteroatoms. The molecule has 2 fully saturated rings. The third-order valence-electron chi connectivity index (χ3n) is 8.39. The summed E-state index contributed by atoms with van der Waals surface area (Å²) in [6, 6.07) is 4.79. The molecular weight excluding hydrogens is 529 g/mol.